The van der Waals surface area contributed by atoms with Crippen LogP contribution in [0.15, 0.2) is 11.1 Å². The molecule has 0 spiro atoms. The molecule has 2 heterocycles. The first kappa shape index (κ1) is 10.6. The Morgan fingerprint density at radius 1 is 1.33 bits per heavy atom. The SMILES string of the molecule is CC1(C)COC(c2nnc(Cl)cc2Cl)=N1. The van der Waals surface area contributed by atoms with E-state index in [4.69, 9.17) is 27.9 Å². The molecule has 0 bridgehead atoms. The van der Waals surface area contributed by atoms with Crippen LogP contribution in [0.5, 0.6) is 0 Å². The molecule has 0 saturated carbocycles. The fourth-order valence-corrected chi connectivity index (χ4v) is 1.62. The summed E-state index contributed by atoms with van der Waals surface area (Å²) < 4.78 is 5.39. The highest BCUT2D eigenvalue weighted by Crippen LogP contribution is 2.24. The molecule has 0 amide bonds. The summed E-state index contributed by atoms with van der Waals surface area (Å²) in [5.41, 5.74) is 0.201. The molecule has 4 nitrogen and oxygen atoms in total. The summed E-state index contributed by atoms with van der Waals surface area (Å²) >= 11 is 11.6. The number of nitrogens with zero attached hydrogens (tertiary/aromatic N) is 3. The van der Waals surface area contributed by atoms with Crippen molar-refractivity contribution in [3.63, 3.8) is 0 Å². The summed E-state index contributed by atoms with van der Waals surface area (Å²) in [7, 11) is 0. The molecule has 0 saturated heterocycles. The van der Waals surface area contributed by atoms with E-state index in [1.807, 2.05) is 13.8 Å². The van der Waals surface area contributed by atoms with Crippen LogP contribution in [0.3, 0.4) is 0 Å². The normalized spacial score (nSPS) is 18.5. The third-order valence-electron chi connectivity index (χ3n) is 1.89. The third kappa shape index (κ3) is 2.21. The van der Waals surface area contributed by atoms with Gasteiger partial charge in [-0.2, -0.15) is 0 Å². The van der Waals surface area contributed by atoms with Crippen molar-refractivity contribution in [3.8, 4) is 0 Å². The molecule has 0 fully saturated rings. The summed E-state index contributed by atoms with van der Waals surface area (Å²) in [6, 6.07) is 1.52. The largest absolute Gasteiger partial charge is 0.474 e. The van der Waals surface area contributed by atoms with Gasteiger partial charge < -0.3 is 4.74 Å². The van der Waals surface area contributed by atoms with E-state index >= 15 is 0 Å². The Kier molecular flexibility index (Phi) is 2.56. The second kappa shape index (κ2) is 3.61. The van der Waals surface area contributed by atoms with E-state index in [1.54, 1.807) is 0 Å². The Balaban J connectivity index is 2.39. The van der Waals surface area contributed by atoms with Gasteiger partial charge in [0.05, 0.1) is 10.6 Å². The van der Waals surface area contributed by atoms with Crippen molar-refractivity contribution in [2.45, 2.75) is 19.4 Å². The lowest BCUT2D eigenvalue weighted by atomic mass is 10.1. The van der Waals surface area contributed by atoms with Crippen molar-refractivity contribution in [1.29, 1.82) is 0 Å². The van der Waals surface area contributed by atoms with Crippen LogP contribution >= 0.6 is 23.2 Å². The van der Waals surface area contributed by atoms with Gasteiger partial charge in [0.2, 0.25) is 5.90 Å². The van der Waals surface area contributed by atoms with E-state index in [9.17, 15) is 0 Å². The van der Waals surface area contributed by atoms with Crippen LogP contribution in [-0.4, -0.2) is 28.2 Å². The molecule has 0 aromatic carbocycles. The minimum absolute atomic E-state index is 0.236. The average molecular weight is 246 g/mol. The highest BCUT2D eigenvalue weighted by Gasteiger charge is 2.29. The standard InChI is InChI=1S/C9H9Cl2N3O/c1-9(2)4-15-8(12-9)7-5(10)3-6(11)13-14-7/h3H,4H2,1-2H3. The number of hydrogen-bond acceptors (Lipinski definition) is 4. The predicted octanol–water partition coefficient (Wildman–Crippen LogP) is 2.34. The fraction of sp³-hybridized carbons (Fsp3) is 0.444. The minimum atomic E-state index is -0.236. The van der Waals surface area contributed by atoms with Gasteiger partial charge in [0.15, 0.2) is 10.8 Å². The maximum atomic E-state index is 5.95. The second-order valence-electron chi connectivity index (χ2n) is 3.88. The van der Waals surface area contributed by atoms with E-state index in [0.717, 1.165) is 0 Å². The Hall–Kier alpha value is -0.870. The zero-order valence-corrected chi connectivity index (χ0v) is 9.80. The van der Waals surface area contributed by atoms with E-state index < -0.39 is 0 Å². The van der Waals surface area contributed by atoms with Crippen LogP contribution in [0.2, 0.25) is 10.2 Å². The first-order chi connectivity index (χ1) is 6.98. The quantitative estimate of drug-likeness (QED) is 0.764. The summed E-state index contributed by atoms with van der Waals surface area (Å²) in [6.07, 6.45) is 0. The first-order valence-electron chi connectivity index (χ1n) is 4.40. The van der Waals surface area contributed by atoms with Gasteiger partial charge in [-0.05, 0) is 19.9 Å². The highest BCUT2D eigenvalue weighted by molar-refractivity contribution is 6.35. The molecule has 15 heavy (non-hydrogen) atoms. The lowest BCUT2D eigenvalue weighted by Crippen LogP contribution is -2.17. The van der Waals surface area contributed by atoms with E-state index in [0.29, 0.717) is 23.2 Å². The summed E-state index contributed by atoms with van der Waals surface area (Å²) in [6.45, 7) is 4.46. The van der Waals surface area contributed by atoms with Gasteiger partial charge in [0, 0.05) is 0 Å². The maximum Gasteiger partial charge on any atom is 0.239 e. The fourth-order valence-electron chi connectivity index (χ4n) is 1.20. The van der Waals surface area contributed by atoms with Crippen LogP contribution in [-0.2, 0) is 4.74 Å². The molecule has 1 aromatic heterocycles. The van der Waals surface area contributed by atoms with Gasteiger partial charge in [0.25, 0.3) is 0 Å². The van der Waals surface area contributed by atoms with Gasteiger partial charge in [0.1, 0.15) is 6.61 Å². The highest BCUT2D eigenvalue weighted by atomic mass is 35.5. The summed E-state index contributed by atoms with van der Waals surface area (Å²) in [5.74, 6) is 0.425. The van der Waals surface area contributed by atoms with Crippen LogP contribution in [0, 0.1) is 0 Å². The van der Waals surface area contributed by atoms with Crippen LogP contribution in [0.1, 0.15) is 19.5 Å². The van der Waals surface area contributed by atoms with Gasteiger partial charge in [-0.1, -0.05) is 23.2 Å². The van der Waals surface area contributed by atoms with Crippen LogP contribution in [0.25, 0.3) is 0 Å². The molecule has 2 rings (SSSR count). The number of aromatic nitrogens is 2. The van der Waals surface area contributed by atoms with E-state index in [-0.39, 0.29) is 10.7 Å². The molecule has 1 aliphatic rings. The van der Waals surface area contributed by atoms with Crippen molar-refractivity contribution >= 4 is 29.1 Å². The molecule has 0 atom stereocenters. The molecular formula is C9H9Cl2N3O. The Morgan fingerprint density at radius 2 is 2.07 bits per heavy atom. The summed E-state index contributed by atoms with van der Waals surface area (Å²) in [4.78, 5) is 4.35. The lowest BCUT2D eigenvalue weighted by molar-refractivity contribution is 0.279. The maximum absolute atomic E-state index is 5.95. The molecule has 1 aromatic rings. The number of rotatable bonds is 1. The number of aliphatic imine (C=N–C) groups is 1. The third-order valence-corrected chi connectivity index (χ3v) is 2.36. The predicted molar refractivity (Wildman–Crippen MR) is 58.6 cm³/mol. The first-order valence-corrected chi connectivity index (χ1v) is 5.15. The number of ether oxygens (including phenoxy) is 1. The van der Waals surface area contributed by atoms with Crippen molar-refractivity contribution in [2.24, 2.45) is 4.99 Å². The van der Waals surface area contributed by atoms with Crippen molar-refractivity contribution in [1.82, 2.24) is 10.2 Å². The molecular weight excluding hydrogens is 237 g/mol. The van der Waals surface area contributed by atoms with Crippen molar-refractivity contribution in [2.75, 3.05) is 6.61 Å². The zero-order chi connectivity index (χ0) is 11.1. The van der Waals surface area contributed by atoms with Gasteiger partial charge in [-0.15, -0.1) is 10.2 Å². The molecule has 0 N–H and O–H groups in total. The molecule has 0 unspecified atom stereocenters. The molecule has 0 aliphatic carbocycles. The second-order valence-corrected chi connectivity index (χ2v) is 4.68. The molecule has 6 heteroatoms. The van der Waals surface area contributed by atoms with E-state index in [2.05, 4.69) is 15.2 Å². The van der Waals surface area contributed by atoms with Crippen LogP contribution in [0.4, 0.5) is 0 Å². The minimum Gasteiger partial charge on any atom is -0.474 e. The molecule has 1 aliphatic heterocycles. The Labute approximate surface area is 97.3 Å². The Morgan fingerprint density at radius 3 is 2.60 bits per heavy atom. The monoisotopic (exact) mass is 245 g/mol. The number of hydrogen-bond donors (Lipinski definition) is 0. The molecule has 0 radical (unpaired) electrons. The number of halogens is 2. The van der Waals surface area contributed by atoms with Crippen molar-refractivity contribution < 1.29 is 4.74 Å². The lowest BCUT2D eigenvalue weighted by Gasteiger charge is -2.07. The smallest absolute Gasteiger partial charge is 0.239 e. The average Bonchev–Trinajstić information content (AvgIpc) is 2.46. The zero-order valence-electron chi connectivity index (χ0n) is 8.29. The van der Waals surface area contributed by atoms with E-state index in [1.165, 1.54) is 6.07 Å². The van der Waals surface area contributed by atoms with Crippen molar-refractivity contribution in [3.05, 3.63) is 21.9 Å². The van der Waals surface area contributed by atoms with Gasteiger partial charge >= 0.3 is 0 Å². The van der Waals surface area contributed by atoms with Gasteiger partial charge in [-0.3, -0.25) is 0 Å². The van der Waals surface area contributed by atoms with Gasteiger partial charge in [-0.25, -0.2) is 4.99 Å². The topological polar surface area (TPSA) is 47.4 Å². The van der Waals surface area contributed by atoms with Crippen LogP contribution < -0.4 is 0 Å². The Bertz CT molecular complexity index is 431. The summed E-state index contributed by atoms with van der Waals surface area (Å²) in [5, 5.41) is 8.20. The molecule has 80 valence electrons.